The molecule has 1 unspecified atom stereocenters. The van der Waals surface area contributed by atoms with Gasteiger partial charge in [0.1, 0.15) is 11.0 Å². The van der Waals surface area contributed by atoms with E-state index in [0.29, 0.717) is 0 Å². The maximum Gasteiger partial charge on any atom is 0.176 e. The third-order valence-electron chi connectivity index (χ3n) is 3.33. The van der Waals surface area contributed by atoms with Gasteiger partial charge in [0, 0.05) is 19.6 Å². The molecule has 1 aliphatic rings. The molecule has 1 saturated heterocycles. The number of aromatic nitrogens is 3. The van der Waals surface area contributed by atoms with Gasteiger partial charge in [-0.2, -0.15) is 0 Å². The molecule has 0 N–H and O–H groups in total. The Morgan fingerprint density at radius 2 is 2.33 bits per heavy atom. The van der Waals surface area contributed by atoms with Gasteiger partial charge in [-0.05, 0) is 20.4 Å². The highest BCUT2D eigenvalue weighted by atomic mass is 32.2. The van der Waals surface area contributed by atoms with Gasteiger partial charge in [-0.1, -0.05) is 11.8 Å². The van der Waals surface area contributed by atoms with E-state index in [1.165, 1.54) is 0 Å². The predicted molar refractivity (Wildman–Crippen MR) is 87.5 cm³/mol. The maximum absolute atomic E-state index is 5.84. The van der Waals surface area contributed by atoms with Crippen molar-refractivity contribution in [2.24, 2.45) is 0 Å². The fourth-order valence-electron chi connectivity index (χ4n) is 2.47. The van der Waals surface area contributed by atoms with E-state index in [4.69, 9.17) is 4.74 Å². The fraction of sp³-hybridized carbons (Fsp3) is 0.615. The summed E-state index contributed by atoms with van der Waals surface area (Å²) in [6.07, 6.45) is 3.86. The van der Waals surface area contributed by atoms with E-state index in [0.717, 1.165) is 46.7 Å². The van der Waals surface area contributed by atoms with Crippen molar-refractivity contribution < 1.29 is 4.74 Å². The van der Waals surface area contributed by atoms with Gasteiger partial charge < -0.3 is 14.5 Å². The highest BCUT2D eigenvalue weighted by Crippen LogP contribution is 2.33. The van der Waals surface area contributed by atoms with E-state index < -0.39 is 0 Å². The molecule has 0 spiro atoms. The molecule has 3 heterocycles. The smallest absolute Gasteiger partial charge is 0.176 e. The third-order valence-corrected chi connectivity index (χ3v) is 5.36. The molecule has 1 aliphatic heterocycles. The van der Waals surface area contributed by atoms with Crippen LogP contribution in [0.2, 0.25) is 0 Å². The first kappa shape index (κ1) is 15.0. The summed E-state index contributed by atoms with van der Waals surface area (Å²) < 4.78 is 7.94. The van der Waals surface area contributed by atoms with Crippen molar-refractivity contribution in [1.29, 1.82) is 0 Å². The number of hydrogen-bond acceptors (Lipinski definition) is 8. The zero-order chi connectivity index (χ0) is 14.8. The van der Waals surface area contributed by atoms with Crippen molar-refractivity contribution in [3.05, 3.63) is 6.33 Å². The Morgan fingerprint density at radius 1 is 1.48 bits per heavy atom. The molecule has 0 aromatic carbocycles. The summed E-state index contributed by atoms with van der Waals surface area (Å²) in [4.78, 5) is 17.7. The minimum absolute atomic E-state index is 0.215. The van der Waals surface area contributed by atoms with Crippen LogP contribution in [-0.2, 0) is 4.74 Å². The highest BCUT2D eigenvalue weighted by Gasteiger charge is 2.24. The van der Waals surface area contributed by atoms with E-state index in [1.807, 2.05) is 6.26 Å². The van der Waals surface area contributed by atoms with Crippen LogP contribution >= 0.6 is 23.1 Å². The average molecular weight is 325 g/mol. The normalized spacial score (nSPS) is 19.6. The Hall–Kier alpha value is -0.960. The van der Waals surface area contributed by atoms with Gasteiger partial charge in [-0.25, -0.2) is 15.0 Å². The topological polar surface area (TPSA) is 54.4 Å². The summed E-state index contributed by atoms with van der Waals surface area (Å²) in [5.74, 6) is 0.991. The molecule has 8 heteroatoms. The summed E-state index contributed by atoms with van der Waals surface area (Å²) in [5, 5.41) is 0. The van der Waals surface area contributed by atoms with Gasteiger partial charge in [0.2, 0.25) is 0 Å². The van der Waals surface area contributed by atoms with E-state index in [-0.39, 0.29) is 6.10 Å². The molecule has 2 aromatic heterocycles. The average Bonchev–Trinajstić information content (AvgIpc) is 2.89. The van der Waals surface area contributed by atoms with E-state index >= 15 is 0 Å². The van der Waals surface area contributed by atoms with Gasteiger partial charge in [0.25, 0.3) is 0 Å². The van der Waals surface area contributed by atoms with Crippen molar-refractivity contribution >= 4 is 39.3 Å². The van der Waals surface area contributed by atoms with Crippen LogP contribution in [0.1, 0.15) is 0 Å². The highest BCUT2D eigenvalue weighted by molar-refractivity contribution is 8.00. The Labute approximate surface area is 132 Å². The zero-order valence-electron chi connectivity index (χ0n) is 12.4. The van der Waals surface area contributed by atoms with Crippen molar-refractivity contribution in [3.63, 3.8) is 0 Å². The van der Waals surface area contributed by atoms with E-state index in [1.54, 1.807) is 29.4 Å². The Balaban J connectivity index is 1.87. The Morgan fingerprint density at radius 3 is 3.10 bits per heavy atom. The van der Waals surface area contributed by atoms with Crippen LogP contribution in [0.5, 0.6) is 0 Å². The van der Waals surface area contributed by atoms with Crippen molar-refractivity contribution in [2.45, 2.75) is 10.4 Å². The minimum atomic E-state index is 0.215. The number of thiazole rings is 1. The molecule has 2 aromatic rings. The number of likely N-dealkylation sites (N-methyl/N-ethyl adjacent to an activating group) is 1. The lowest BCUT2D eigenvalue weighted by Gasteiger charge is -2.34. The third kappa shape index (κ3) is 3.28. The number of thioether (sulfide) groups is 1. The van der Waals surface area contributed by atoms with Crippen LogP contribution in [0.3, 0.4) is 0 Å². The second-order valence-corrected chi connectivity index (χ2v) is 7.29. The molecule has 0 saturated carbocycles. The summed E-state index contributed by atoms with van der Waals surface area (Å²) in [6, 6.07) is 0. The molecule has 3 rings (SSSR count). The summed E-state index contributed by atoms with van der Waals surface area (Å²) in [7, 11) is 4.14. The van der Waals surface area contributed by atoms with Crippen LogP contribution in [-0.4, -0.2) is 72.5 Å². The summed E-state index contributed by atoms with van der Waals surface area (Å²) in [5.41, 5.74) is 0.796. The molecular weight excluding hydrogens is 306 g/mol. The van der Waals surface area contributed by atoms with Crippen molar-refractivity contribution in [1.82, 2.24) is 19.9 Å². The van der Waals surface area contributed by atoms with Gasteiger partial charge >= 0.3 is 0 Å². The van der Waals surface area contributed by atoms with Crippen LogP contribution in [0.4, 0.5) is 5.82 Å². The molecule has 0 aliphatic carbocycles. The van der Waals surface area contributed by atoms with Crippen LogP contribution < -0.4 is 4.90 Å². The zero-order valence-corrected chi connectivity index (χ0v) is 14.1. The quantitative estimate of drug-likeness (QED) is 0.791. The number of rotatable bonds is 4. The van der Waals surface area contributed by atoms with Crippen LogP contribution in [0.25, 0.3) is 10.3 Å². The Kier molecular flexibility index (Phi) is 4.58. The lowest BCUT2D eigenvalue weighted by atomic mass is 10.2. The predicted octanol–water partition coefficient (Wildman–Crippen LogP) is 1.58. The summed E-state index contributed by atoms with van der Waals surface area (Å²) >= 11 is 3.32. The molecule has 6 nitrogen and oxygen atoms in total. The molecule has 114 valence electrons. The molecule has 0 amide bonds. The lowest BCUT2D eigenvalue weighted by molar-refractivity contribution is 0.0246. The first-order valence-corrected chi connectivity index (χ1v) is 8.88. The number of anilines is 1. The molecule has 1 fully saturated rings. The SMILES string of the molecule is CSc1nc2ncnc(N3CCOC(CN(C)C)C3)c2s1. The van der Waals surface area contributed by atoms with Crippen molar-refractivity contribution in [2.75, 3.05) is 51.5 Å². The standard InChI is InChI=1S/C13H19N5OS2/c1-17(2)6-9-7-18(4-5-19-9)12-10-11(14-8-15-12)16-13(20-3)21-10/h8-9H,4-7H2,1-3H3. The lowest BCUT2D eigenvalue weighted by Crippen LogP contribution is -2.46. The van der Waals surface area contributed by atoms with Crippen LogP contribution in [0, 0.1) is 0 Å². The van der Waals surface area contributed by atoms with E-state index in [9.17, 15) is 0 Å². The molecule has 0 bridgehead atoms. The van der Waals surface area contributed by atoms with Gasteiger partial charge in [-0.3, -0.25) is 0 Å². The number of fused-ring (bicyclic) bond motifs is 1. The van der Waals surface area contributed by atoms with E-state index in [2.05, 4.69) is 38.8 Å². The molecule has 1 atom stereocenters. The molecular formula is C13H19N5OS2. The largest absolute Gasteiger partial charge is 0.373 e. The van der Waals surface area contributed by atoms with Crippen LogP contribution in [0.15, 0.2) is 10.7 Å². The second-order valence-electron chi connectivity index (χ2n) is 5.23. The number of morpholine rings is 1. The number of hydrogen-bond donors (Lipinski definition) is 0. The first-order valence-electron chi connectivity index (χ1n) is 6.84. The van der Waals surface area contributed by atoms with Crippen molar-refractivity contribution in [3.8, 4) is 0 Å². The Bertz CT molecular complexity index is 618. The number of nitrogens with zero attached hydrogens (tertiary/aromatic N) is 5. The van der Waals surface area contributed by atoms with Gasteiger partial charge in [-0.15, -0.1) is 11.3 Å². The fourth-order valence-corrected chi connectivity index (χ4v) is 4.00. The number of ether oxygens (including phenoxy) is 1. The first-order chi connectivity index (χ1) is 10.2. The molecule has 0 radical (unpaired) electrons. The minimum Gasteiger partial charge on any atom is -0.373 e. The monoisotopic (exact) mass is 325 g/mol. The summed E-state index contributed by atoms with van der Waals surface area (Å²) in [6.45, 7) is 3.38. The molecule has 21 heavy (non-hydrogen) atoms. The van der Waals surface area contributed by atoms with Gasteiger partial charge in [0.05, 0.1) is 12.7 Å². The maximum atomic E-state index is 5.84. The van der Waals surface area contributed by atoms with Gasteiger partial charge in [0.15, 0.2) is 15.8 Å². The second kappa shape index (κ2) is 6.43.